The molecule has 0 bridgehead atoms. The lowest BCUT2D eigenvalue weighted by atomic mass is 9.90. The fraction of sp³-hybridized carbons (Fsp3) is 1.00. The van der Waals surface area contributed by atoms with Crippen LogP contribution in [0.1, 0.15) is 6.42 Å². The molecule has 0 amide bonds. The average Bonchev–Trinajstić information content (AvgIpc) is 2.33. The minimum atomic E-state index is 0.721. The average molecular weight is 142 g/mol. The Balaban J connectivity index is 1.96. The number of hydrazine groups is 1. The fourth-order valence-corrected chi connectivity index (χ4v) is 1.89. The highest BCUT2D eigenvalue weighted by Gasteiger charge is 2.32. The maximum absolute atomic E-state index is 5.67. The van der Waals surface area contributed by atoms with Crippen LogP contribution in [-0.2, 0) is 4.74 Å². The second-order valence-electron chi connectivity index (χ2n) is 3.34. The normalized spacial score (nSPS) is 41.7. The molecule has 2 aliphatic heterocycles. The first-order valence-electron chi connectivity index (χ1n) is 3.93. The van der Waals surface area contributed by atoms with Gasteiger partial charge in [-0.2, -0.15) is 0 Å². The highest BCUT2D eigenvalue weighted by molar-refractivity contribution is 4.81. The lowest BCUT2D eigenvalue weighted by Crippen LogP contribution is -2.43. The summed E-state index contributed by atoms with van der Waals surface area (Å²) in [6, 6.07) is 0. The van der Waals surface area contributed by atoms with Crippen molar-refractivity contribution < 1.29 is 4.74 Å². The van der Waals surface area contributed by atoms with Crippen LogP contribution in [-0.4, -0.2) is 31.3 Å². The number of nitrogens with zero attached hydrogens (tertiary/aromatic N) is 1. The Morgan fingerprint density at radius 3 is 3.00 bits per heavy atom. The summed E-state index contributed by atoms with van der Waals surface area (Å²) in [6.07, 6.45) is 1.22. The lowest BCUT2D eigenvalue weighted by Gasteiger charge is -2.30. The highest BCUT2D eigenvalue weighted by Crippen LogP contribution is 2.27. The number of piperidine rings is 1. The van der Waals surface area contributed by atoms with Crippen LogP contribution in [0.3, 0.4) is 0 Å². The standard InChI is InChI=1S/C7H14N2O/c8-9-2-1-6-4-10-5-7(6)3-9/h6-7H,1-5,8H2/t6-,7+/m1/s1. The predicted octanol–water partition coefficient (Wildman–Crippen LogP) is -0.172. The van der Waals surface area contributed by atoms with Crippen molar-refractivity contribution in [2.24, 2.45) is 17.7 Å². The molecule has 0 radical (unpaired) electrons. The van der Waals surface area contributed by atoms with E-state index in [1.165, 1.54) is 6.42 Å². The number of nitrogens with two attached hydrogens (primary N) is 1. The molecule has 0 aromatic heterocycles. The molecule has 2 atom stereocenters. The molecule has 0 aliphatic carbocycles. The summed E-state index contributed by atoms with van der Waals surface area (Å²) in [5.74, 6) is 7.19. The Morgan fingerprint density at radius 1 is 1.30 bits per heavy atom. The van der Waals surface area contributed by atoms with E-state index >= 15 is 0 Å². The SMILES string of the molecule is NN1CC[C@@H]2COC[C@@H]2C1. The van der Waals surface area contributed by atoms with Crippen molar-refractivity contribution in [2.45, 2.75) is 6.42 Å². The molecule has 2 fully saturated rings. The van der Waals surface area contributed by atoms with Gasteiger partial charge < -0.3 is 4.74 Å². The van der Waals surface area contributed by atoms with E-state index in [0.717, 1.165) is 38.1 Å². The summed E-state index contributed by atoms with van der Waals surface area (Å²) in [5, 5.41) is 1.91. The van der Waals surface area contributed by atoms with E-state index in [2.05, 4.69) is 0 Å². The zero-order valence-electron chi connectivity index (χ0n) is 6.12. The number of hydrogen-bond donors (Lipinski definition) is 1. The zero-order valence-corrected chi connectivity index (χ0v) is 6.12. The van der Waals surface area contributed by atoms with Crippen molar-refractivity contribution in [1.29, 1.82) is 0 Å². The summed E-state index contributed by atoms with van der Waals surface area (Å²) >= 11 is 0. The Labute approximate surface area is 61.1 Å². The van der Waals surface area contributed by atoms with Gasteiger partial charge in [0.2, 0.25) is 0 Å². The Hall–Kier alpha value is -0.120. The van der Waals surface area contributed by atoms with Crippen LogP contribution in [0, 0.1) is 11.8 Å². The second-order valence-corrected chi connectivity index (χ2v) is 3.34. The van der Waals surface area contributed by atoms with Gasteiger partial charge in [-0.25, -0.2) is 5.01 Å². The molecule has 2 N–H and O–H groups in total. The summed E-state index contributed by atoms with van der Waals surface area (Å²) in [5.41, 5.74) is 0. The van der Waals surface area contributed by atoms with E-state index in [4.69, 9.17) is 10.6 Å². The van der Waals surface area contributed by atoms with E-state index in [1.54, 1.807) is 0 Å². The van der Waals surface area contributed by atoms with E-state index in [9.17, 15) is 0 Å². The van der Waals surface area contributed by atoms with Crippen molar-refractivity contribution >= 4 is 0 Å². The third-order valence-corrected chi connectivity index (χ3v) is 2.59. The van der Waals surface area contributed by atoms with Gasteiger partial charge in [0.05, 0.1) is 6.61 Å². The number of fused-ring (bicyclic) bond motifs is 1. The van der Waals surface area contributed by atoms with Crippen LogP contribution in [0.4, 0.5) is 0 Å². The monoisotopic (exact) mass is 142 g/mol. The molecular weight excluding hydrogens is 128 g/mol. The topological polar surface area (TPSA) is 38.5 Å². The molecule has 2 rings (SSSR count). The van der Waals surface area contributed by atoms with Crippen molar-refractivity contribution in [3.05, 3.63) is 0 Å². The molecule has 0 aromatic carbocycles. The molecular formula is C7H14N2O. The van der Waals surface area contributed by atoms with Crippen LogP contribution < -0.4 is 5.84 Å². The van der Waals surface area contributed by atoms with Crippen LogP contribution in [0.2, 0.25) is 0 Å². The third-order valence-electron chi connectivity index (χ3n) is 2.59. The van der Waals surface area contributed by atoms with E-state index in [0.29, 0.717) is 0 Å². The Morgan fingerprint density at radius 2 is 2.10 bits per heavy atom. The van der Waals surface area contributed by atoms with Gasteiger partial charge in [0.1, 0.15) is 0 Å². The number of hydrogen-bond acceptors (Lipinski definition) is 3. The Bertz CT molecular complexity index is 129. The molecule has 0 spiro atoms. The molecule has 0 saturated carbocycles. The molecule has 3 nitrogen and oxygen atoms in total. The first kappa shape index (κ1) is 6.58. The van der Waals surface area contributed by atoms with Crippen LogP contribution in [0.15, 0.2) is 0 Å². The summed E-state index contributed by atoms with van der Waals surface area (Å²) < 4.78 is 5.36. The molecule has 2 saturated heterocycles. The molecule has 10 heavy (non-hydrogen) atoms. The van der Waals surface area contributed by atoms with Crippen LogP contribution in [0.25, 0.3) is 0 Å². The van der Waals surface area contributed by atoms with Crippen molar-refractivity contribution in [3.63, 3.8) is 0 Å². The van der Waals surface area contributed by atoms with E-state index in [1.807, 2.05) is 5.01 Å². The minimum absolute atomic E-state index is 0.721. The van der Waals surface area contributed by atoms with E-state index < -0.39 is 0 Å². The van der Waals surface area contributed by atoms with Gasteiger partial charge >= 0.3 is 0 Å². The third kappa shape index (κ3) is 1.05. The van der Waals surface area contributed by atoms with Gasteiger partial charge in [-0.05, 0) is 12.3 Å². The largest absolute Gasteiger partial charge is 0.381 e. The number of ether oxygens (including phenoxy) is 1. The first-order valence-corrected chi connectivity index (χ1v) is 3.93. The summed E-state index contributed by atoms with van der Waals surface area (Å²) in [4.78, 5) is 0. The maximum atomic E-state index is 5.67. The lowest BCUT2D eigenvalue weighted by molar-refractivity contribution is 0.149. The Kier molecular flexibility index (Phi) is 1.64. The van der Waals surface area contributed by atoms with Gasteiger partial charge in [-0.15, -0.1) is 0 Å². The second kappa shape index (κ2) is 2.49. The molecule has 0 unspecified atom stereocenters. The molecule has 2 aliphatic rings. The summed E-state index contributed by atoms with van der Waals surface area (Å²) in [7, 11) is 0. The predicted molar refractivity (Wildman–Crippen MR) is 38.2 cm³/mol. The molecule has 3 heteroatoms. The minimum Gasteiger partial charge on any atom is -0.381 e. The fourth-order valence-electron chi connectivity index (χ4n) is 1.89. The quantitative estimate of drug-likeness (QED) is 0.477. The van der Waals surface area contributed by atoms with Gasteiger partial charge in [0.25, 0.3) is 0 Å². The first-order chi connectivity index (χ1) is 4.86. The van der Waals surface area contributed by atoms with Gasteiger partial charge in [0, 0.05) is 25.6 Å². The van der Waals surface area contributed by atoms with Crippen LogP contribution >= 0.6 is 0 Å². The smallest absolute Gasteiger partial charge is 0.0510 e. The maximum Gasteiger partial charge on any atom is 0.0510 e. The van der Waals surface area contributed by atoms with Gasteiger partial charge in [-0.3, -0.25) is 5.84 Å². The summed E-state index contributed by atoms with van der Waals surface area (Å²) in [6.45, 7) is 3.98. The van der Waals surface area contributed by atoms with Gasteiger partial charge in [0.15, 0.2) is 0 Å². The van der Waals surface area contributed by atoms with Crippen LogP contribution in [0.5, 0.6) is 0 Å². The van der Waals surface area contributed by atoms with Crippen molar-refractivity contribution in [2.75, 3.05) is 26.3 Å². The molecule has 2 heterocycles. The molecule has 0 aromatic rings. The highest BCUT2D eigenvalue weighted by atomic mass is 16.5. The van der Waals surface area contributed by atoms with Gasteiger partial charge in [-0.1, -0.05) is 0 Å². The van der Waals surface area contributed by atoms with E-state index in [-0.39, 0.29) is 0 Å². The zero-order chi connectivity index (χ0) is 6.97. The molecule has 58 valence electrons. The van der Waals surface area contributed by atoms with Crippen molar-refractivity contribution in [1.82, 2.24) is 5.01 Å². The van der Waals surface area contributed by atoms with Crippen molar-refractivity contribution in [3.8, 4) is 0 Å². The number of rotatable bonds is 0.